The fourth-order valence-corrected chi connectivity index (χ4v) is 4.99. The van der Waals surface area contributed by atoms with E-state index in [9.17, 15) is 0 Å². The molecule has 2 aliphatic carbocycles. The Morgan fingerprint density at radius 1 is 1.22 bits per heavy atom. The minimum Gasteiger partial charge on any atom is -0.103 e. The number of allylic oxidation sites excluding steroid dienone is 1. The molecule has 0 N–H and O–H groups in total. The lowest BCUT2D eigenvalue weighted by molar-refractivity contribution is 0.161. The third kappa shape index (κ3) is 2.83. The summed E-state index contributed by atoms with van der Waals surface area (Å²) in [6.45, 7) is 8.82. The molecule has 104 valence electrons. The van der Waals surface area contributed by atoms with Crippen molar-refractivity contribution in [2.45, 2.75) is 78.1 Å². The number of rotatable bonds is 7. The van der Waals surface area contributed by atoms with Gasteiger partial charge in [0.05, 0.1) is 0 Å². The summed E-state index contributed by atoms with van der Waals surface area (Å²) in [5.74, 6) is 3.08. The van der Waals surface area contributed by atoms with Crippen molar-refractivity contribution in [3.63, 3.8) is 0 Å². The van der Waals surface area contributed by atoms with Crippen molar-refractivity contribution in [3.05, 3.63) is 12.7 Å². The van der Waals surface area contributed by atoms with Gasteiger partial charge in [0, 0.05) is 0 Å². The van der Waals surface area contributed by atoms with Crippen molar-refractivity contribution in [2.75, 3.05) is 0 Å². The van der Waals surface area contributed by atoms with Crippen LogP contribution < -0.4 is 0 Å². The van der Waals surface area contributed by atoms with Gasteiger partial charge in [0.1, 0.15) is 0 Å². The van der Waals surface area contributed by atoms with Crippen LogP contribution in [0.5, 0.6) is 0 Å². The molecule has 0 saturated heterocycles. The predicted octanol–water partition coefficient (Wildman–Crippen LogP) is 5.98. The van der Waals surface area contributed by atoms with Crippen LogP contribution in [-0.2, 0) is 0 Å². The fourth-order valence-electron chi connectivity index (χ4n) is 4.99. The van der Waals surface area contributed by atoms with E-state index in [1.165, 1.54) is 64.2 Å². The summed E-state index contributed by atoms with van der Waals surface area (Å²) >= 11 is 0. The highest BCUT2D eigenvalue weighted by atomic mass is 14.5. The van der Waals surface area contributed by atoms with Crippen molar-refractivity contribution < 1.29 is 0 Å². The number of hydrogen-bond acceptors (Lipinski definition) is 0. The summed E-state index contributed by atoms with van der Waals surface area (Å²) in [6, 6.07) is 0. The Bertz CT molecular complexity index is 267. The Balaban J connectivity index is 1.96. The summed E-state index contributed by atoms with van der Waals surface area (Å²) < 4.78 is 0. The van der Waals surface area contributed by atoms with Crippen LogP contribution in [0.15, 0.2) is 12.7 Å². The molecular formula is C18H32. The van der Waals surface area contributed by atoms with Crippen LogP contribution >= 0.6 is 0 Å². The second-order valence-corrected chi connectivity index (χ2v) is 7.15. The van der Waals surface area contributed by atoms with Crippen molar-refractivity contribution in [1.82, 2.24) is 0 Å². The quantitative estimate of drug-likeness (QED) is 0.384. The molecule has 0 radical (unpaired) electrons. The maximum atomic E-state index is 4.05. The van der Waals surface area contributed by atoms with E-state index in [1.54, 1.807) is 0 Å². The van der Waals surface area contributed by atoms with Gasteiger partial charge < -0.3 is 0 Å². The van der Waals surface area contributed by atoms with Gasteiger partial charge in [-0.05, 0) is 61.7 Å². The lowest BCUT2D eigenvalue weighted by Crippen LogP contribution is -2.26. The van der Waals surface area contributed by atoms with Crippen molar-refractivity contribution in [1.29, 1.82) is 0 Å². The van der Waals surface area contributed by atoms with Crippen LogP contribution in [0.1, 0.15) is 78.1 Å². The first kappa shape index (κ1) is 14.2. The van der Waals surface area contributed by atoms with E-state index >= 15 is 0 Å². The summed E-state index contributed by atoms with van der Waals surface area (Å²) in [7, 11) is 0. The summed E-state index contributed by atoms with van der Waals surface area (Å²) in [5.41, 5.74) is 0.658. The van der Waals surface area contributed by atoms with Crippen molar-refractivity contribution >= 4 is 0 Å². The Kier molecular flexibility index (Phi) is 4.92. The van der Waals surface area contributed by atoms with E-state index in [4.69, 9.17) is 0 Å². The molecule has 0 aliphatic heterocycles. The molecule has 2 saturated carbocycles. The van der Waals surface area contributed by atoms with Gasteiger partial charge in [0.2, 0.25) is 0 Å². The maximum Gasteiger partial charge on any atom is -0.0232 e. The van der Waals surface area contributed by atoms with Gasteiger partial charge in [-0.25, -0.2) is 0 Å². The van der Waals surface area contributed by atoms with Crippen LogP contribution in [-0.4, -0.2) is 0 Å². The van der Waals surface area contributed by atoms with Crippen LogP contribution in [0.4, 0.5) is 0 Å². The highest BCUT2D eigenvalue weighted by molar-refractivity contribution is 5.02. The van der Waals surface area contributed by atoms with Crippen LogP contribution in [0.25, 0.3) is 0 Å². The molecule has 0 aromatic carbocycles. The molecule has 2 fully saturated rings. The van der Waals surface area contributed by atoms with E-state index in [1.807, 2.05) is 0 Å². The first-order chi connectivity index (χ1) is 8.72. The van der Waals surface area contributed by atoms with Gasteiger partial charge in [0.25, 0.3) is 0 Å². The molecule has 2 rings (SSSR count). The molecule has 4 unspecified atom stereocenters. The normalized spacial score (nSPS) is 38.9. The van der Waals surface area contributed by atoms with E-state index < -0.39 is 0 Å². The standard InChI is InChI=1S/C18H32/c1-4-6-7-8-11-18(10-5-2)12-9-16-13-15(3)14-17(16)18/h5,15-17H,2,4,6-14H2,1,3H3. The molecule has 4 atom stereocenters. The minimum atomic E-state index is 0.658. The molecule has 0 aromatic rings. The Morgan fingerprint density at radius 2 is 2.06 bits per heavy atom. The molecule has 0 heteroatoms. The third-order valence-electron chi connectivity index (χ3n) is 5.81. The Morgan fingerprint density at radius 3 is 2.78 bits per heavy atom. The molecule has 0 spiro atoms. The van der Waals surface area contributed by atoms with Crippen LogP contribution in [0.3, 0.4) is 0 Å². The molecule has 0 amide bonds. The fraction of sp³-hybridized carbons (Fsp3) is 0.889. The first-order valence-corrected chi connectivity index (χ1v) is 8.32. The Labute approximate surface area is 114 Å². The van der Waals surface area contributed by atoms with E-state index in [2.05, 4.69) is 26.5 Å². The van der Waals surface area contributed by atoms with Gasteiger partial charge in [0.15, 0.2) is 0 Å². The topological polar surface area (TPSA) is 0 Å². The second kappa shape index (κ2) is 6.26. The number of hydrogen-bond donors (Lipinski definition) is 0. The van der Waals surface area contributed by atoms with Gasteiger partial charge in [-0.3, -0.25) is 0 Å². The van der Waals surface area contributed by atoms with E-state index in [0.717, 1.165) is 17.8 Å². The van der Waals surface area contributed by atoms with Crippen LogP contribution in [0, 0.1) is 23.2 Å². The molecule has 0 nitrogen and oxygen atoms in total. The lowest BCUT2D eigenvalue weighted by atomic mass is 9.70. The molecule has 0 heterocycles. The summed E-state index contributed by atoms with van der Waals surface area (Å²) in [5, 5.41) is 0. The molecule has 0 bridgehead atoms. The van der Waals surface area contributed by atoms with Crippen molar-refractivity contribution in [2.24, 2.45) is 23.2 Å². The number of fused-ring (bicyclic) bond motifs is 1. The lowest BCUT2D eigenvalue weighted by Gasteiger charge is -2.35. The summed E-state index contributed by atoms with van der Waals surface area (Å²) in [4.78, 5) is 0. The first-order valence-electron chi connectivity index (χ1n) is 8.32. The largest absolute Gasteiger partial charge is 0.103 e. The van der Waals surface area contributed by atoms with Gasteiger partial charge in [-0.1, -0.05) is 45.6 Å². The minimum absolute atomic E-state index is 0.658. The highest BCUT2D eigenvalue weighted by Gasteiger charge is 2.50. The number of unbranched alkanes of at least 4 members (excludes halogenated alkanes) is 3. The molecule has 0 aromatic heterocycles. The third-order valence-corrected chi connectivity index (χ3v) is 5.81. The highest BCUT2D eigenvalue weighted by Crippen LogP contribution is 2.60. The smallest absolute Gasteiger partial charge is 0.0232 e. The molecule has 2 aliphatic rings. The predicted molar refractivity (Wildman–Crippen MR) is 80.6 cm³/mol. The second-order valence-electron chi connectivity index (χ2n) is 7.15. The molecular weight excluding hydrogens is 216 g/mol. The zero-order chi connectivity index (χ0) is 13.0. The summed E-state index contributed by atoms with van der Waals surface area (Å²) in [6.07, 6.45) is 16.7. The molecule has 18 heavy (non-hydrogen) atoms. The van der Waals surface area contributed by atoms with Gasteiger partial charge in [-0.2, -0.15) is 0 Å². The van der Waals surface area contributed by atoms with Crippen molar-refractivity contribution in [3.8, 4) is 0 Å². The SMILES string of the molecule is C=CCC1(CCCCCC)CCC2CC(C)CC21. The zero-order valence-corrected chi connectivity index (χ0v) is 12.6. The van der Waals surface area contributed by atoms with Crippen LogP contribution in [0.2, 0.25) is 0 Å². The zero-order valence-electron chi connectivity index (χ0n) is 12.6. The van der Waals surface area contributed by atoms with E-state index in [0.29, 0.717) is 5.41 Å². The average Bonchev–Trinajstić information content (AvgIpc) is 2.86. The monoisotopic (exact) mass is 248 g/mol. The Hall–Kier alpha value is -0.260. The van der Waals surface area contributed by atoms with Gasteiger partial charge in [-0.15, -0.1) is 6.58 Å². The average molecular weight is 248 g/mol. The maximum absolute atomic E-state index is 4.05. The van der Waals surface area contributed by atoms with E-state index in [-0.39, 0.29) is 0 Å². The van der Waals surface area contributed by atoms with Gasteiger partial charge >= 0.3 is 0 Å².